The summed E-state index contributed by atoms with van der Waals surface area (Å²) in [5.41, 5.74) is 7.22. The summed E-state index contributed by atoms with van der Waals surface area (Å²) in [5, 5.41) is 9.89. The number of Topliss-reactive ketones (excluding diaryl/α,β-unsaturated/α-hetero) is 1. The van der Waals surface area contributed by atoms with Gasteiger partial charge in [-0.3, -0.25) is 4.79 Å². The van der Waals surface area contributed by atoms with Crippen LogP contribution in [0.3, 0.4) is 0 Å². The Balaban J connectivity index is 2.64. The lowest BCUT2D eigenvalue weighted by molar-refractivity contribution is -0.114. The van der Waals surface area contributed by atoms with Crippen molar-refractivity contribution < 1.29 is 9.53 Å². The first kappa shape index (κ1) is 14.2. The summed E-state index contributed by atoms with van der Waals surface area (Å²) in [4.78, 5) is 11.9. The van der Waals surface area contributed by atoms with Gasteiger partial charge in [-0.05, 0) is 31.5 Å². The number of allylic oxidation sites excluding steroid dienone is 3. The highest BCUT2D eigenvalue weighted by molar-refractivity contribution is 6.30. The van der Waals surface area contributed by atoms with Crippen LogP contribution >= 0.6 is 11.6 Å². The van der Waals surface area contributed by atoms with Crippen LogP contribution in [0.2, 0.25) is 5.02 Å². The second-order valence-corrected chi connectivity index (χ2v) is 4.94. The number of ketones is 1. The standard InChI is InChI=1S/C15H13ClN2O2/c1-8(19)13-9(2)20-15(18)12(7-17)14(13)10-3-5-11(16)6-4-10/h3-6,14H,18H2,1-2H3/t14-/m1/s1. The van der Waals surface area contributed by atoms with Crippen molar-refractivity contribution in [1.82, 2.24) is 0 Å². The fourth-order valence-electron chi connectivity index (χ4n) is 2.32. The van der Waals surface area contributed by atoms with Gasteiger partial charge in [-0.25, -0.2) is 0 Å². The molecule has 1 aromatic carbocycles. The number of benzene rings is 1. The molecule has 1 aliphatic rings. The molecule has 2 rings (SSSR count). The lowest BCUT2D eigenvalue weighted by atomic mass is 9.81. The van der Waals surface area contributed by atoms with Crippen LogP contribution in [0.15, 0.2) is 47.1 Å². The minimum absolute atomic E-state index is 0.0370. The van der Waals surface area contributed by atoms with Gasteiger partial charge in [0.25, 0.3) is 0 Å². The highest BCUT2D eigenvalue weighted by atomic mass is 35.5. The number of ether oxygens (including phenoxy) is 1. The van der Waals surface area contributed by atoms with E-state index in [1.807, 2.05) is 6.07 Å². The van der Waals surface area contributed by atoms with Crippen molar-refractivity contribution in [2.45, 2.75) is 19.8 Å². The maximum atomic E-state index is 11.9. The number of nitrogens with zero attached hydrogens (tertiary/aromatic N) is 1. The molecule has 1 heterocycles. The SMILES string of the molecule is CC(=O)C1=C(C)OC(N)=C(C#N)[C@H]1c1ccc(Cl)cc1. The number of rotatable bonds is 2. The molecule has 1 atom stereocenters. The number of carbonyl (C=O) groups is 1. The monoisotopic (exact) mass is 288 g/mol. The smallest absolute Gasteiger partial charge is 0.205 e. The molecule has 2 N–H and O–H groups in total. The highest BCUT2D eigenvalue weighted by Gasteiger charge is 2.33. The van der Waals surface area contributed by atoms with Crippen LogP contribution in [0, 0.1) is 11.3 Å². The number of nitriles is 1. The molecule has 0 spiro atoms. The quantitative estimate of drug-likeness (QED) is 0.907. The van der Waals surface area contributed by atoms with Crippen LogP contribution in [-0.2, 0) is 9.53 Å². The van der Waals surface area contributed by atoms with Crippen LogP contribution in [0.5, 0.6) is 0 Å². The molecule has 0 fully saturated rings. The Hall–Kier alpha value is -2.25. The zero-order chi connectivity index (χ0) is 14.9. The molecule has 102 valence electrons. The van der Waals surface area contributed by atoms with Crippen LogP contribution in [-0.4, -0.2) is 5.78 Å². The summed E-state index contributed by atoms with van der Waals surface area (Å²) in [6, 6.07) is 9.01. The maximum absolute atomic E-state index is 11.9. The second kappa shape index (κ2) is 5.40. The van der Waals surface area contributed by atoms with E-state index in [0.717, 1.165) is 5.56 Å². The first-order valence-electron chi connectivity index (χ1n) is 6.00. The summed E-state index contributed by atoms with van der Waals surface area (Å²) in [6.07, 6.45) is 0. The zero-order valence-corrected chi connectivity index (χ0v) is 11.9. The first-order valence-corrected chi connectivity index (χ1v) is 6.38. The van der Waals surface area contributed by atoms with Gasteiger partial charge >= 0.3 is 0 Å². The molecule has 5 heteroatoms. The Kier molecular flexibility index (Phi) is 3.82. The average molecular weight is 289 g/mol. The highest BCUT2D eigenvalue weighted by Crippen LogP contribution is 2.39. The minimum Gasteiger partial charge on any atom is -0.445 e. The molecule has 0 aromatic heterocycles. The number of hydrogen-bond donors (Lipinski definition) is 1. The van der Waals surface area contributed by atoms with E-state index in [0.29, 0.717) is 16.4 Å². The molecule has 0 bridgehead atoms. The Labute approximate surface area is 122 Å². The number of halogens is 1. The van der Waals surface area contributed by atoms with Gasteiger partial charge in [0.15, 0.2) is 5.78 Å². The van der Waals surface area contributed by atoms with Crippen molar-refractivity contribution >= 4 is 17.4 Å². The molecule has 0 saturated heterocycles. The van der Waals surface area contributed by atoms with E-state index in [-0.39, 0.29) is 17.2 Å². The van der Waals surface area contributed by atoms with Crippen molar-refractivity contribution in [3.8, 4) is 6.07 Å². The summed E-state index contributed by atoms with van der Waals surface area (Å²) < 4.78 is 5.31. The maximum Gasteiger partial charge on any atom is 0.205 e. The van der Waals surface area contributed by atoms with Crippen LogP contribution in [0.25, 0.3) is 0 Å². The van der Waals surface area contributed by atoms with E-state index >= 15 is 0 Å². The second-order valence-electron chi connectivity index (χ2n) is 4.50. The molecule has 0 saturated carbocycles. The zero-order valence-electron chi connectivity index (χ0n) is 11.1. The molecule has 0 unspecified atom stereocenters. The third-order valence-corrected chi connectivity index (χ3v) is 3.44. The van der Waals surface area contributed by atoms with Crippen molar-refractivity contribution in [2.75, 3.05) is 0 Å². The molecular weight excluding hydrogens is 276 g/mol. The largest absolute Gasteiger partial charge is 0.445 e. The predicted octanol–water partition coefficient (Wildman–Crippen LogP) is 3.01. The van der Waals surface area contributed by atoms with E-state index in [1.165, 1.54) is 6.92 Å². The number of hydrogen-bond acceptors (Lipinski definition) is 4. The molecule has 1 aliphatic heterocycles. The third-order valence-electron chi connectivity index (χ3n) is 3.19. The van der Waals surface area contributed by atoms with Crippen LogP contribution in [0.4, 0.5) is 0 Å². The van der Waals surface area contributed by atoms with Crippen molar-refractivity contribution in [2.24, 2.45) is 5.73 Å². The fraction of sp³-hybridized carbons (Fsp3) is 0.200. The fourth-order valence-corrected chi connectivity index (χ4v) is 2.45. The van der Waals surface area contributed by atoms with E-state index in [2.05, 4.69) is 0 Å². The van der Waals surface area contributed by atoms with E-state index < -0.39 is 5.92 Å². The Morgan fingerprint density at radius 1 is 1.40 bits per heavy atom. The van der Waals surface area contributed by atoms with Gasteiger partial charge in [-0.2, -0.15) is 5.26 Å². The first-order chi connectivity index (χ1) is 9.45. The van der Waals surface area contributed by atoms with Crippen molar-refractivity contribution in [3.05, 3.63) is 57.6 Å². The summed E-state index contributed by atoms with van der Waals surface area (Å²) in [7, 11) is 0. The van der Waals surface area contributed by atoms with E-state index in [9.17, 15) is 10.1 Å². The van der Waals surface area contributed by atoms with Crippen LogP contribution < -0.4 is 5.73 Å². The van der Waals surface area contributed by atoms with Gasteiger partial charge in [0.05, 0.1) is 5.92 Å². The third kappa shape index (κ3) is 2.40. The molecular formula is C15H13ClN2O2. The van der Waals surface area contributed by atoms with Gasteiger partial charge in [-0.1, -0.05) is 23.7 Å². The predicted molar refractivity (Wildman–Crippen MR) is 75.5 cm³/mol. The Morgan fingerprint density at radius 3 is 2.50 bits per heavy atom. The molecule has 1 aromatic rings. The molecule has 4 nitrogen and oxygen atoms in total. The lowest BCUT2D eigenvalue weighted by Gasteiger charge is -2.26. The Bertz CT molecular complexity index is 666. The topological polar surface area (TPSA) is 76.1 Å². The van der Waals surface area contributed by atoms with Gasteiger partial charge in [0.2, 0.25) is 5.88 Å². The summed E-state index contributed by atoms with van der Waals surface area (Å²) in [5.74, 6) is -0.199. The summed E-state index contributed by atoms with van der Waals surface area (Å²) in [6.45, 7) is 3.11. The van der Waals surface area contributed by atoms with Crippen molar-refractivity contribution in [1.29, 1.82) is 5.26 Å². The Morgan fingerprint density at radius 2 is 2.00 bits per heavy atom. The van der Waals surface area contributed by atoms with Crippen LogP contribution in [0.1, 0.15) is 25.3 Å². The van der Waals surface area contributed by atoms with Gasteiger partial charge in [-0.15, -0.1) is 0 Å². The lowest BCUT2D eigenvalue weighted by Crippen LogP contribution is -2.23. The van der Waals surface area contributed by atoms with Gasteiger partial charge < -0.3 is 10.5 Å². The number of carbonyl (C=O) groups excluding carboxylic acids is 1. The summed E-state index contributed by atoms with van der Waals surface area (Å²) >= 11 is 5.87. The average Bonchev–Trinajstić information content (AvgIpc) is 2.38. The van der Waals surface area contributed by atoms with Gasteiger partial charge in [0.1, 0.15) is 17.4 Å². The molecule has 0 amide bonds. The van der Waals surface area contributed by atoms with E-state index in [1.54, 1.807) is 31.2 Å². The molecule has 20 heavy (non-hydrogen) atoms. The van der Waals surface area contributed by atoms with Gasteiger partial charge in [0, 0.05) is 10.6 Å². The minimum atomic E-state index is -0.511. The number of nitrogens with two attached hydrogens (primary N) is 1. The molecule has 0 radical (unpaired) electrons. The van der Waals surface area contributed by atoms with Crippen molar-refractivity contribution in [3.63, 3.8) is 0 Å². The molecule has 0 aliphatic carbocycles. The van der Waals surface area contributed by atoms with E-state index in [4.69, 9.17) is 22.1 Å². The normalized spacial score (nSPS) is 18.6.